The fraction of sp³-hybridized carbons (Fsp3) is 0.625. The highest BCUT2D eigenvalue weighted by Crippen LogP contribution is 1.94. The largest absolute Gasteiger partial charge is 0.390 e. The molecule has 0 amide bonds. The number of hydrogen-bond acceptors (Lipinski definition) is 2. The molecule has 0 aliphatic rings. The fourth-order valence-corrected chi connectivity index (χ4v) is 0.766. The van der Waals surface area contributed by atoms with E-state index in [0.717, 1.165) is 19.2 Å². The van der Waals surface area contributed by atoms with Crippen LogP contribution in [0.15, 0.2) is 11.2 Å². The smallest absolute Gasteiger partial charge is 0.0738 e. The Kier molecular flexibility index (Phi) is 7.26. The minimum Gasteiger partial charge on any atom is -0.390 e. The van der Waals surface area contributed by atoms with Crippen LogP contribution >= 0.6 is 11.6 Å². The van der Waals surface area contributed by atoms with Crippen molar-refractivity contribution in [3.05, 3.63) is 11.2 Å². The first-order chi connectivity index (χ1) is 5.31. The van der Waals surface area contributed by atoms with Gasteiger partial charge in [0.1, 0.15) is 0 Å². The van der Waals surface area contributed by atoms with E-state index >= 15 is 0 Å². The molecule has 3 heteroatoms. The summed E-state index contributed by atoms with van der Waals surface area (Å²) >= 11 is 5.53. The first-order valence-corrected chi connectivity index (χ1v) is 4.28. The van der Waals surface area contributed by atoms with E-state index in [1.807, 2.05) is 0 Å². The second-order valence-electron chi connectivity index (χ2n) is 2.33. The molecule has 0 saturated carbocycles. The van der Waals surface area contributed by atoms with Gasteiger partial charge in [0.25, 0.3) is 0 Å². The maximum absolute atomic E-state index is 6.76. The van der Waals surface area contributed by atoms with Gasteiger partial charge in [-0.1, -0.05) is 31.4 Å². The molecule has 0 fully saturated rings. The quantitative estimate of drug-likeness (QED) is 0.471. The Morgan fingerprint density at radius 1 is 1.55 bits per heavy atom. The lowest BCUT2D eigenvalue weighted by molar-refractivity contribution is 0.683. The predicted octanol–water partition coefficient (Wildman–Crippen LogP) is 2.50. The Morgan fingerprint density at radius 2 is 2.27 bits per heavy atom. The topological polar surface area (TPSA) is 35.9 Å². The Hall–Kier alpha value is -0.500. The summed E-state index contributed by atoms with van der Waals surface area (Å²) in [4.78, 5) is 0. The van der Waals surface area contributed by atoms with Crippen molar-refractivity contribution in [2.45, 2.75) is 26.2 Å². The minimum atomic E-state index is 0.446. The lowest BCUT2D eigenvalue weighted by Gasteiger charge is -1.98. The molecule has 0 aromatic carbocycles. The van der Waals surface area contributed by atoms with Crippen LogP contribution in [0.5, 0.6) is 0 Å². The lowest BCUT2D eigenvalue weighted by atomic mass is 10.2. The maximum atomic E-state index is 6.76. The van der Waals surface area contributed by atoms with E-state index in [4.69, 9.17) is 17.0 Å². The van der Waals surface area contributed by atoms with Crippen LogP contribution < -0.4 is 5.32 Å². The molecule has 0 aliphatic carbocycles. The molecule has 0 atom stereocenters. The SMILES string of the molecule is CCCCCN/C=C(\Cl)C=N. The molecule has 2 N–H and O–H groups in total. The molecular formula is C8H15ClN2. The Balaban J connectivity index is 3.19. The van der Waals surface area contributed by atoms with Gasteiger partial charge in [-0.15, -0.1) is 0 Å². The highest BCUT2D eigenvalue weighted by atomic mass is 35.5. The third-order valence-electron chi connectivity index (χ3n) is 1.30. The Morgan fingerprint density at radius 3 is 2.82 bits per heavy atom. The van der Waals surface area contributed by atoms with Crippen molar-refractivity contribution in [1.29, 1.82) is 5.41 Å². The van der Waals surface area contributed by atoms with Crippen molar-refractivity contribution < 1.29 is 0 Å². The lowest BCUT2D eigenvalue weighted by Crippen LogP contribution is -2.07. The van der Waals surface area contributed by atoms with E-state index in [9.17, 15) is 0 Å². The molecule has 0 aromatic heterocycles. The first-order valence-electron chi connectivity index (χ1n) is 3.90. The van der Waals surface area contributed by atoms with E-state index in [2.05, 4.69) is 12.2 Å². The highest BCUT2D eigenvalue weighted by molar-refractivity contribution is 6.38. The third-order valence-corrected chi connectivity index (χ3v) is 1.52. The molecule has 64 valence electrons. The molecule has 0 bridgehead atoms. The van der Waals surface area contributed by atoms with E-state index in [1.165, 1.54) is 12.8 Å². The van der Waals surface area contributed by atoms with Crippen LogP contribution in [0, 0.1) is 5.41 Å². The summed E-state index contributed by atoms with van der Waals surface area (Å²) in [5.74, 6) is 0. The molecule has 0 spiro atoms. The molecule has 0 unspecified atom stereocenters. The summed E-state index contributed by atoms with van der Waals surface area (Å²) in [6.45, 7) is 3.11. The van der Waals surface area contributed by atoms with Crippen molar-refractivity contribution in [3.63, 3.8) is 0 Å². The number of hydrogen-bond donors (Lipinski definition) is 2. The maximum Gasteiger partial charge on any atom is 0.0738 e. The van der Waals surface area contributed by atoms with Crippen molar-refractivity contribution in [2.75, 3.05) is 6.54 Å². The second-order valence-corrected chi connectivity index (χ2v) is 2.77. The van der Waals surface area contributed by atoms with Gasteiger partial charge < -0.3 is 10.7 Å². The van der Waals surface area contributed by atoms with Gasteiger partial charge in [-0.05, 0) is 6.42 Å². The molecule has 0 rings (SSSR count). The summed E-state index contributed by atoms with van der Waals surface area (Å²) < 4.78 is 0. The molecule has 0 heterocycles. The molecule has 0 radical (unpaired) electrons. The van der Waals surface area contributed by atoms with Crippen LogP contribution in [0.3, 0.4) is 0 Å². The first kappa shape index (κ1) is 10.5. The average molecular weight is 175 g/mol. The molecule has 0 aromatic rings. The zero-order valence-corrected chi connectivity index (χ0v) is 7.62. The third kappa shape index (κ3) is 7.40. The number of unbranched alkanes of at least 4 members (excludes halogenated alkanes) is 2. The average Bonchev–Trinajstić information content (AvgIpc) is 2.04. The van der Waals surface area contributed by atoms with Crippen molar-refractivity contribution in [3.8, 4) is 0 Å². The minimum absolute atomic E-state index is 0.446. The highest BCUT2D eigenvalue weighted by Gasteiger charge is 1.84. The van der Waals surface area contributed by atoms with Crippen molar-refractivity contribution in [1.82, 2.24) is 5.32 Å². The van der Waals surface area contributed by atoms with Gasteiger partial charge >= 0.3 is 0 Å². The van der Waals surface area contributed by atoms with Crippen LogP contribution in [0.25, 0.3) is 0 Å². The fourth-order valence-electron chi connectivity index (χ4n) is 0.688. The van der Waals surface area contributed by atoms with Gasteiger partial charge in [0.2, 0.25) is 0 Å². The van der Waals surface area contributed by atoms with E-state index in [-0.39, 0.29) is 0 Å². The predicted molar refractivity (Wildman–Crippen MR) is 50.2 cm³/mol. The summed E-state index contributed by atoms with van der Waals surface area (Å²) in [6, 6.07) is 0. The van der Waals surface area contributed by atoms with Crippen LogP contribution in [0.4, 0.5) is 0 Å². The van der Waals surface area contributed by atoms with Gasteiger partial charge in [0.05, 0.1) is 5.03 Å². The molecular weight excluding hydrogens is 160 g/mol. The standard InChI is InChI=1S/C8H15ClN2/c1-2-3-4-5-11-7-8(9)6-10/h6-7,10-11H,2-5H2,1H3/b8-7-,10-6?. The van der Waals surface area contributed by atoms with Crippen LogP contribution in [0.2, 0.25) is 0 Å². The number of nitrogens with one attached hydrogen (secondary N) is 2. The zero-order valence-electron chi connectivity index (χ0n) is 6.86. The van der Waals surface area contributed by atoms with E-state index < -0.39 is 0 Å². The molecule has 0 aliphatic heterocycles. The summed E-state index contributed by atoms with van der Waals surface area (Å²) in [5, 5.41) is 10.2. The second kappa shape index (κ2) is 7.61. The van der Waals surface area contributed by atoms with Crippen LogP contribution in [-0.2, 0) is 0 Å². The van der Waals surface area contributed by atoms with E-state index in [0.29, 0.717) is 5.03 Å². The number of halogens is 1. The molecule has 11 heavy (non-hydrogen) atoms. The summed E-state index contributed by atoms with van der Waals surface area (Å²) in [5.41, 5.74) is 0. The van der Waals surface area contributed by atoms with Crippen LogP contribution in [0.1, 0.15) is 26.2 Å². The Labute approximate surface area is 73.1 Å². The van der Waals surface area contributed by atoms with Crippen LogP contribution in [-0.4, -0.2) is 12.8 Å². The van der Waals surface area contributed by atoms with Crippen molar-refractivity contribution in [2.24, 2.45) is 0 Å². The van der Waals surface area contributed by atoms with Gasteiger partial charge in [0, 0.05) is 19.0 Å². The van der Waals surface area contributed by atoms with Crippen molar-refractivity contribution >= 4 is 17.8 Å². The van der Waals surface area contributed by atoms with Gasteiger partial charge in [-0.3, -0.25) is 0 Å². The van der Waals surface area contributed by atoms with Gasteiger partial charge in [0.15, 0.2) is 0 Å². The molecule has 2 nitrogen and oxygen atoms in total. The normalized spacial score (nSPS) is 11.3. The van der Waals surface area contributed by atoms with E-state index in [1.54, 1.807) is 6.20 Å². The summed E-state index contributed by atoms with van der Waals surface area (Å²) in [7, 11) is 0. The number of allylic oxidation sites excluding steroid dienone is 1. The van der Waals surface area contributed by atoms with Gasteiger partial charge in [-0.25, -0.2) is 0 Å². The zero-order chi connectivity index (χ0) is 8.53. The monoisotopic (exact) mass is 174 g/mol. The summed E-state index contributed by atoms with van der Waals surface area (Å²) in [6.07, 6.45) is 6.40. The molecule has 0 saturated heterocycles. The number of rotatable bonds is 6. The Bertz CT molecular complexity index is 132. The van der Waals surface area contributed by atoms with Gasteiger partial charge in [-0.2, -0.15) is 0 Å².